The smallest absolute Gasteiger partial charge is 0.198 e. The van der Waals surface area contributed by atoms with Crippen LogP contribution < -0.4 is 9.47 Å². The Morgan fingerprint density at radius 2 is 1.62 bits per heavy atom. The highest BCUT2D eigenvalue weighted by atomic mass is 79.9. The van der Waals surface area contributed by atoms with Crippen LogP contribution in [0.25, 0.3) is 0 Å². The first-order valence-corrected chi connectivity index (χ1v) is 4.16. The van der Waals surface area contributed by atoms with Gasteiger partial charge in [0.1, 0.15) is 5.82 Å². The summed E-state index contributed by atoms with van der Waals surface area (Å²) in [5.41, 5.74) is 0. The Balaban J connectivity index is 3.41. The van der Waals surface area contributed by atoms with E-state index in [1.54, 1.807) is 0 Å². The quantitative estimate of drug-likeness (QED) is 0.754. The van der Waals surface area contributed by atoms with Gasteiger partial charge in [-0.05, 0) is 15.9 Å². The Morgan fingerprint density at radius 3 is 2.08 bits per heavy atom. The Bertz CT molecular complexity index is 328. The molecule has 0 radical (unpaired) electrons. The van der Waals surface area contributed by atoms with Gasteiger partial charge in [0.25, 0.3) is 0 Å². The van der Waals surface area contributed by atoms with E-state index >= 15 is 0 Å². The molecule has 1 aromatic rings. The third-order valence-electron chi connectivity index (χ3n) is 1.49. The van der Waals surface area contributed by atoms with Crippen molar-refractivity contribution in [3.05, 3.63) is 22.2 Å². The van der Waals surface area contributed by atoms with Crippen LogP contribution in [0, 0.1) is 11.6 Å². The van der Waals surface area contributed by atoms with Crippen LogP contribution in [0.5, 0.6) is 11.5 Å². The van der Waals surface area contributed by atoms with Crippen molar-refractivity contribution in [3.8, 4) is 11.5 Å². The molecule has 0 N–H and O–H groups in total. The second kappa shape index (κ2) is 3.91. The van der Waals surface area contributed by atoms with Gasteiger partial charge in [-0.15, -0.1) is 0 Å². The van der Waals surface area contributed by atoms with E-state index in [0.717, 1.165) is 6.07 Å². The largest absolute Gasteiger partial charge is 0.492 e. The van der Waals surface area contributed by atoms with E-state index < -0.39 is 11.6 Å². The van der Waals surface area contributed by atoms with E-state index in [1.165, 1.54) is 14.2 Å². The number of halogens is 3. The van der Waals surface area contributed by atoms with Gasteiger partial charge in [-0.3, -0.25) is 0 Å². The van der Waals surface area contributed by atoms with Crippen LogP contribution in [0.4, 0.5) is 8.78 Å². The highest BCUT2D eigenvalue weighted by Crippen LogP contribution is 2.38. The SMILES string of the molecule is COc1c(F)cc(F)c(Br)c1OC. The maximum Gasteiger partial charge on any atom is 0.198 e. The second-order valence-corrected chi connectivity index (χ2v) is 3.01. The summed E-state index contributed by atoms with van der Waals surface area (Å²) in [6.07, 6.45) is 0. The molecule has 1 aromatic carbocycles. The molecule has 0 spiro atoms. The lowest BCUT2D eigenvalue weighted by Gasteiger charge is -2.10. The Morgan fingerprint density at radius 1 is 1.08 bits per heavy atom. The van der Waals surface area contributed by atoms with Crippen LogP contribution in [-0.4, -0.2) is 14.2 Å². The molecule has 0 aliphatic rings. The summed E-state index contributed by atoms with van der Waals surface area (Å²) in [6.45, 7) is 0. The lowest BCUT2D eigenvalue weighted by molar-refractivity contribution is 0.332. The van der Waals surface area contributed by atoms with E-state index in [4.69, 9.17) is 9.47 Å². The van der Waals surface area contributed by atoms with E-state index in [0.29, 0.717) is 0 Å². The van der Waals surface area contributed by atoms with Gasteiger partial charge in [0.15, 0.2) is 17.3 Å². The fourth-order valence-corrected chi connectivity index (χ4v) is 1.39. The Labute approximate surface area is 82.6 Å². The molecule has 0 fully saturated rings. The molecular formula is C8H7BrF2O2. The number of hydrogen-bond acceptors (Lipinski definition) is 2. The second-order valence-electron chi connectivity index (χ2n) is 2.22. The van der Waals surface area contributed by atoms with Crippen LogP contribution in [0.3, 0.4) is 0 Å². The molecule has 0 unspecified atom stereocenters. The van der Waals surface area contributed by atoms with Crippen LogP contribution in [0.15, 0.2) is 10.5 Å². The predicted molar refractivity (Wildman–Crippen MR) is 47.2 cm³/mol. The summed E-state index contributed by atoms with van der Waals surface area (Å²) < 4.78 is 35.5. The van der Waals surface area contributed by atoms with Gasteiger partial charge < -0.3 is 9.47 Å². The fourth-order valence-electron chi connectivity index (χ4n) is 0.929. The predicted octanol–water partition coefficient (Wildman–Crippen LogP) is 2.74. The monoisotopic (exact) mass is 252 g/mol. The van der Waals surface area contributed by atoms with Crippen molar-refractivity contribution in [1.29, 1.82) is 0 Å². The molecular weight excluding hydrogens is 246 g/mol. The zero-order chi connectivity index (χ0) is 10.0. The van der Waals surface area contributed by atoms with Crippen molar-refractivity contribution in [1.82, 2.24) is 0 Å². The number of ether oxygens (including phenoxy) is 2. The zero-order valence-corrected chi connectivity index (χ0v) is 8.61. The van der Waals surface area contributed by atoms with Gasteiger partial charge >= 0.3 is 0 Å². The molecule has 5 heteroatoms. The third-order valence-corrected chi connectivity index (χ3v) is 2.23. The Kier molecular flexibility index (Phi) is 3.08. The highest BCUT2D eigenvalue weighted by molar-refractivity contribution is 9.10. The molecule has 0 atom stereocenters. The molecule has 0 aromatic heterocycles. The van der Waals surface area contributed by atoms with Gasteiger partial charge in [-0.1, -0.05) is 0 Å². The van der Waals surface area contributed by atoms with Crippen LogP contribution >= 0.6 is 15.9 Å². The third kappa shape index (κ3) is 1.75. The summed E-state index contributed by atoms with van der Waals surface area (Å²) in [6, 6.07) is 0.728. The Hall–Kier alpha value is -0.840. The molecule has 2 nitrogen and oxygen atoms in total. The van der Waals surface area contributed by atoms with Crippen LogP contribution in [-0.2, 0) is 0 Å². The van der Waals surface area contributed by atoms with Crippen molar-refractivity contribution in [2.75, 3.05) is 14.2 Å². The lowest BCUT2D eigenvalue weighted by atomic mass is 10.3. The van der Waals surface area contributed by atoms with Gasteiger partial charge in [0.2, 0.25) is 0 Å². The summed E-state index contributed by atoms with van der Waals surface area (Å²) in [4.78, 5) is 0. The zero-order valence-electron chi connectivity index (χ0n) is 7.03. The molecule has 0 aliphatic carbocycles. The molecule has 0 amide bonds. The van der Waals surface area contributed by atoms with Crippen LogP contribution in [0.1, 0.15) is 0 Å². The summed E-state index contributed by atoms with van der Waals surface area (Å²) in [7, 11) is 2.59. The van der Waals surface area contributed by atoms with Crippen molar-refractivity contribution >= 4 is 15.9 Å². The average molecular weight is 253 g/mol. The summed E-state index contributed by atoms with van der Waals surface area (Å²) >= 11 is 2.92. The number of benzene rings is 1. The van der Waals surface area contributed by atoms with Gasteiger partial charge in [0.05, 0.1) is 18.7 Å². The minimum absolute atomic E-state index is 0.0139. The van der Waals surface area contributed by atoms with E-state index in [9.17, 15) is 8.78 Å². The van der Waals surface area contributed by atoms with Crippen LogP contribution in [0.2, 0.25) is 0 Å². The number of hydrogen-bond donors (Lipinski definition) is 0. The van der Waals surface area contributed by atoms with Crippen molar-refractivity contribution in [2.45, 2.75) is 0 Å². The van der Waals surface area contributed by atoms with Crippen molar-refractivity contribution < 1.29 is 18.3 Å². The lowest BCUT2D eigenvalue weighted by Crippen LogP contribution is -1.96. The average Bonchev–Trinajstić information content (AvgIpc) is 2.10. The van der Waals surface area contributed by atoms with E-state index in [-0.39, 0.29) is 16.0 Å². The molecule has 13 heavy (non-hydrogen) atoms. The van der Waals surface area contributed by atoms with E-state index in [2.05, 4.69) is 15.9 Å². The van der Waals surface area contributed by atoms with Gasteiger partial charge in [-0.2, -0.15) is 0 Å². The normalized spacial score (nSPS) is 9.92. The fraction of sp³-hybridized carbons (Fsp3) is 0.250. The highest BCUT2D eigenvalue weighted by Gasteiger charge is 2.17. The molecule has 0 heterocycles. The maximum atomic E-state index is 13.0. The summed E-state index contributed by atoms with van der Waals surface area (Å²) in [5.74, 6) is -1.62. The standard InChI is InChI=1S/C8H7BrF2O2/c1-12-7-5(11)3-4(10)6(9)8(7)13-2/h3H,1-2H3. The molecule has 0 bridgehead atoms. The first kappa shape index (κ1) is 10.2. The minimum Gasteiger partial charge on any atom is -0.492 e. The molecule has 0 saturated heterocycles. The molecule has 0 saturated carbocycles. The topological polar surface area (TPSA) is 18.5 Å². The van der Waals surface area contributed by atoms with Gasteiger partial charge in [0, 0.05) is 6.07 Å². The first-order valence-electron chi connectivity index (χ1n) is 3.37. The maximum absolute atomic E-state index is 13.0. The minimum atomic E-state index is -0.792. The van der Waals surface area contributed by atoms with E-state index in [1.807, 2.05) is 0 Å². The van der Waals surface area contributed by atoms with Crippen molar-refractivity contribution in [3.63, 3.8) is 0 Å². The number of rotatable bonds is 2. The molecule has 1 rings (SSSR count). The summed E-state index contributed by atoms with van der Waals surface area (Å²) in [5, 5.41) is 0. The number of methoxy groups -OCH3 is 2. The van der Waals surface area contributed by atoms with Gasteiger partial charge in [-0.25, -0.2) is 8.78 Å². The molecule has 72 valence electrons. The first-order chi connectivity index (χ1) is 6.11. The molecule has 0 aliphatic heterocycles. The van der Waals surface area contributed by atoms with Crippen molar-refractivity contribution in [2.24, 2.45) is 0 Å².